The van der Waals surface area contributed by atoms with E-state index in [1.54, 1.807) is 24.0 Å². The molecule has 3 rings (SSSR count). The second kappa shape index (κ2) is 4.76. The highest BCUT2D eigenvalue weighted by Gasteiger charge is 2.54. The minimum Gasteiger partial charge on any atom is -0.497 e. The monoisotopic (exact) mass is 288 g/mol. The van der Waals surface area contributed by atoms with Crippen LogP contribution in [0.3, 0.4) is 0 Å². The summed E-state index contributed by atoms with van der Waals surface area (Å²) in [5.41, 5.74) is 1.32. The molecule has 1 fully saturated rings. The summed E-state index contributed by atoms with van der Waals surface area (Å²) < 4.78 is 5.30. The largest absolute Gasteiger partial charge is 0.497 e. The molecule has 21 heavy (non-hydrogen) atoms. The topological polar surface area (TPSA) is 49.9 Å². The normalized spacial score (nSPS) is 23.9. The van der Waals surface area contributed by atoms with Crippen LogP contribution in [0.5, 0.6) is 5.75 Å². The number of rotatable bonds is 2. The van der Waals surface area contributed by atoms with Crippen molar-refractivity contribution in [2.24, 2.45) is 0 Å². The van der Waals surface area contributed by atoms with Gasteiger partial charge in [-0.1, -0.05) is 6.92 Å². The summed E-state index contributed by atoms with van der Waals surface area (Å²) >= 11 is 0. The molecule has 2 amide bonds. The third-order valence-corrected chi connectivity index (χ3v) is 4.72. The Morgan fingerprint density at radius 1 is 1.43 bits per heavy atom. The van der Waals surface area contributed by atoms with Gasteiger partial charge in [0.05, 0.1) is 12.5 Å². The Morgan fingerprint density at radius 3 is 2.86 bits per heavy atom. The molecule has 1 aromatic carbocycles. The van der Waals surface area contributed by atoms with Crippen LogP contribution in [0, 0.1) is 0 Å². The number of methoxy groups -OCH3 is 1. The van der Waals surface area contributed by atoms with Crippen molar-refractivity contribution in [3.8, 4) is 5.75 Å². The fraction of sp³-hybridized carbons (Fsp3) is 0.500. The molecule has 1 aromatic rings. The average molecular weight is 288 g/mol. The minimum atomic E-state index is -0.594. The van der Waals surface area contributed by atoms with Gasteiger partial charge < -0.3 is 14.5 Å². The first-order valence-corrected chi connectivity index (χ1v) is 7.28. The molecule has 0 aliphatic carbocycles. The minimum absolute atomic E-state index is 0.0807. The summed E-state index contributed by atoms with van der Waals surface area (Å²) in [5, 5.41) is 0. The molecule has 0 aromatic heterocycles. The number of hydrogen-bond donors (Lipinski definition) is 0. The Bertz CT molecular complexity index is 614. The van der Waals surface area contributed by atoms with Gasteiger partial charge in [-0.3, -0.25) is 9.59 Å². The molecule has 2 aliphatic rings. The van der Waals surface area contributed by atoms with Gasteiger partial charge in [0.25, 0.3) is 0 Å². The van der Waals surface area contributed by atoms with E-state index in [-0.39, 0.29) is 11.8 Å². The van der Waals surface area contributed by atoms with E-state index in [4.69, 9.17) is 4.74 Å². The number of amides is 2. The Kier molecular flexibility index (Phi) is 3.15. The molecule has 112 valence electrons. The number of benzene rings is 1. The number of likely N-dealkylation sites (N-methyl/N-ethyl adjacent to an activating group) is 1. The smallest absolute Gasteiger partial charge is 0.239 e. The van der Waals surface area contributed by atoms with Crippen molar-refractivity contribution in [2.75, 3.05) is 32.1 Å². The van der Waals surface area contributed by atoms with Crippen LogP contribution in [0.2, 0.25) is 0 Å². The zero-order valence-electron chi connectivity index (χ0n) is 12.7. The van der Waals surface area contributed by atoms with E-state index < -0.39 is 5.41 Å². The molecule has 0 saturated carbocycles. The zero-order chi connectivity index (χ0) is 15.2. The summed E-state index contributed by atoms with van der Waals surface area (Å²) in [6.07, 6.45) is 1.16. The number of carbonyl (C=O) groups excluding carboxylic acids is 2. The van der Waals surface area contributed by atoms with Gasteiger partial charge in [-0.2, -0.15) is 0 Å². The van der Waals surface area contributed by atoms with Crippen LogP contribution in [0.4, 0.5) is 5.69 Å². The van der Waals surface area contributed by atoms with Crippen LogP contribution in [0.25, 0.3) is 0 Å². The second-order valence-electron chi connectivity index (χ2n) is 5.75. The first kappa shape index (κ1) is 13.9. The van der Waals surface area contributed by atoms with Crippen molar-refractivity contribution in [2.45, 2.75) is 25.2 Å². The Hall–Kier alpha value is -2.04. The van der Waals surface area contributed by atoms with Crippen molar-refractivity contribution in [1.82, 2.24) is 4.90 Å². The number of ether oxygens (including phenoxy) is 1. The molecule has 1 spiro atoms. The van der Waals surface area contributed by atoms with Crippen LogP contribution in [0.15, 0.2) is 18.2 Å². The van der Waals surface area contributed by atoms with E-state index in [1.807, 2.05) is 25.1 Å². The summed E-state index contributed by atoms with van der Waals surface area (Å²) in [6, 6.07) is 5.73. The second-order valence-corrected chi connectivity index (χ2v) is 5.75. The molecule has 1 saturated heterocycles. The van der Waals surface area contributed by atoms with Crippen molar-refractivity contribution >= 4 is 17.5 Å². The van der Waals surface area contributed by atoms with Crippen molar-refractivity contribution < 1.29 is 14.3 Å². The van der Waals surface area contributed by atoms with E-state index in [9.17, 15) is 9.59 Å². The van der Waals surface area contributed by atoms with Crippen LogP contribution < -0.4 is 9.64 Å². The Balaban J connectivity index is 2.05. The SMILES string of the molecule is CCC(=O)N1CC[C@@]2(C1)C(=O)N(C)c1ccc(OC)cc12. The number of hydrogen-bond acceptors (Lipinski definition) is 3. The lowest BCUT2D eigenvalue weighted by atomic mass is 9.81. The maximum Gasteiger partial charge on any atom is 0.239 e. The molecule has 0 radical (unpaired) electrons. The van der Waals surface area contributed by atoms with Gasteiger partial charge in [0.2, 0.25) is 11.8 Å². The lowest BCUT2D eigenvalue weighted by molar-refractivity contribution is -0.130. The number of nitrogens with zero attached hydrogens (tertiary/aromatic N) is 2. The first-order valence-electron chi connectivity index (χ1n) is 7.28. The van der Waals surface area contributed by atoms with Gasteiger partial charge in [0.1, 0.15) is 5.75 Å². The summed E-state index contributed by atoms with van der Waals surface area (Å²) in [7, 11) is 3.42. The predicted octanol–water partition coefficient (Wildman–Crippen LogP) is 1.55. The van der Waals surface area contributed by atoms with Gasteiger partial charge in [0, 0.05) is 32.2 Å². The molecule has 2 heterocycles. The third-order valence-electron chi connectivity index (χ3n) is 4.72. The highest BCUT2D eigenvalue weighted by Crippen LogP contribution is 2.47. The Labute approximate surface area is 124 Å². The predicted molar refractivity (Wildman–Crippen MR) is 79.6 cm³/mol. The molecule has 0 unspecified atom stereocenters. The van der Waals surface area contributed by atoms with Gasteiger partial charge >= 0.3 is 0 Å². The van der Waals surface area contributed by atoms with E-state index in [1.165, 1.54) is 0 Å². The van der Waals surface area contributed by atoms with E-state index in [0.717, 1.165) is 17.0 Å². The molecule has 0 N–H and O–H groups in total. The maximum atomic E-state index is 12.8. The van der Waals surface area contributed by atoms with E-state index >= 15 is 0 Å². The number of fused-ring (bicyclic) bond motifs is 2. The van der Waals surface area contributed by atoms with Crippen molar-refractivity contribution in [3.63, 3.8) is 0 Å². The van der Waals surface area contributed by atoms with Gasteiger partial charge in [-0.05, 0) is 30.2 Å². The fourth-order valence-corrected chi connectivity index (χ4v) is 3.50. The van der Waals surface area contributed by atoms with Gasteiger partial charge in [0.15, 0.2) is 0 Å². The van der Waals surface area contributed by atoms with Crippen molar-refractivity contribution in [1.29, 1.82) is 0 Å². The maximum absolute atomic E-state index is 12.8. The molecule has 0 bridgehead atoms. The fourth-order valence-electron chi connectivity index (χ4n) is 3.50. The third kappa shape index (κ3) is 1.83. The molecule has 5 nitrogen and oxygen atoms in total. The van der Waals surface area contributed by atoms with Crippen LogP contribution in [-0.4, -0.2) is 44.0 Å². The van der Waals surface area contributed by atoms with Gasteiger partial charge in [-0.15, -0.1) is 0 Å². The summed E-state index contributed by atoms with van der Waals surface area (Å²) in [4.78, 5) is 28.3. The van der Waals surface area contributed by atoms with Crippen LogP contribution in [0.1, 0.15) is 25.3 Å². The van der Waals surface area contributed by atoms with E-state index in [0.29, 0.717) is 25.9 Å². The average Bonchev–Trinajstić information content (AvgIpc) is 3.05. The Morgan fingerprint density at radius 2 is 2.19 bits per heavy atom. The van der Waals surface area contributed by atoms with Crippen molar-refractivity contribution in [3.05, 3.63) is 23.8 Å². The number of likely N-dealkylation sites (tertiary alicyclic amines) is 1. The lowest BCUT2D eigenvalue weighted by Gasteiger charge is -2.23. The standard InChI is InChI=1S/C16H20N2O3/c1-4-14(19)18-8-7-16(10-18)12-9-11(21-3)5-6-13(12)17(2)15(16)20/h5-6,9H,4,7-8,10H2,1-3H3/t16-/m0/s1. The van der Waals surface area contributed by atoms with Crippen LogP contribution >= 0.6 is 0 Å². The van der Waals surface area contributed by atoms with Crippen LogP contribution in [-0.2, 0) is 15.0 Å². The highest BCUT2D eigenvalue weighted by atomic mass is 16.5. The zero-order valence-corrected chi connectivity index (χ0v) is 12.7. The number of carbonyl (C=O) groups is 2. The summed E-state index contributed by atoms with van der Waals surface area (Å²) in [6.45, 7) is 2.97. The molecule has 1 atom stereocenters. The van der Waals surface area contributed by atoms with E-state index in [2.05, 4.69) is 0 Å². The highest BCUT2D eigenvalue weighted by molar-refractivity contribution is 6.08. The quantitative estimate of drug-likeness (QED) is 0.829. The lowest BCUT2D eigenvalue weighted by Crippen LogP contribution is -2.42. The molecular formula is C16H20N2O3. The molecule has 5 heteroatoms. The molecular weight excluding hydrogens is 268 g/mol. The number of anilines is 1. The molecule has 2 aliphatic heterocycles. The summed E-state index contributed by atoms with van der Waals surface area (Å²) in [5.74, 6) is 0.937. The van der Waals surface area contributed by atoms with Gasteiger partial charge in [-0.25, -0.2) is 0 Å². The first-order chi connectivity index (χ1) is 10.0.